The molecule has 176 valence electrons. The summed E-state index contributed by atoms with van der Waals surface area (Å²) in [7, 11) is -1.89. The van der Waals surface area contributed by atoms with Crippen molar-refractivity contribution < 1.29 is 17.9 Å². The van der Waals surface area contributed by atoms with Crippen LogP contribution in [0, 0.1) is 12.8 Å². The van der Waals surface area contributed by atoms with E-state index in [1.807, 2.05) is 24.3 Å². The minimum Gasteiger partial charge on any atom is -0.497 e. The minimum absolute atomic E-state index is 0.109. The highest BCUT2D eigenvalue weighted by Crippen LogP contribution is 2.28. The molecule has 8 heteroatoms. The van der Waals surface area contributed by atoms with Crippen molar-refractivity contribution in [3.05, 3.63) is 58.6 Å². The molecule has 1 N–H and O–H groups in total. The van der Waals surface area contributed by atoms with E-state index in [0.717, 1.165) is 24.0 Å². The van der Waals surface area contributed by atoms with Crippen molar-refractivity contribution in [1.82, 2.24) is 5.32 Å². The van der Waals surface area contributed by atoms with E-state index in [9.17, 15) is 13.2 Å². The first-order valence-electron chi connectivity index (χ1n) is 10.7. The second-order valence-corrected chi connectivity index (χ2v) is 10.7. The lowest BCUT2D eigenvalue weighted by Gasteiger charge is -2.25. The third kappa shape index (κ3) is 7.41. The summed E-state index contributed by atoms with van der Waals surface area (Å²) in [5.74, 6) is 1.05. The van der Waals surface area contributed by atoms with Crippen molar-refractivity contribution in [3.63, 3.8) is 0 Å². The fourth-order valence-electron chi connectivity index (χ4n) is 3.57. The van der Waals surface area contributed by atoms with Crippen LogP contribution in [0.3, 0.4) is 0 Å². The Morgan fingerprint density at radius 3 is 2.38 bits per heavy atom. The van der Waals surface area contributed by atoms with Crippen LogP contribution in [-0.4, -0.2) is 34.2 Å². The fraction of sp³-hybridized carbons (Fsp3) is 0.458. The van der Waals surface area contributed by atoms with E-state index >= 15 is 0 Å². The molecule has 0 aromatic heterocycles. The molecule has 2 aromatic carbocycles. The van der Waals surface area contributed by atoms with Crippen molar-refractivity contribution in [2.75, 3.05) is 24.2 Å². The number of hydrogen-bond acceptors (Lipinski definition) is 4. The van der Waals surface area contributed by atoms with Gasteiger partial charge in [0, 0.05) is 18.0 Å². The molecule has 0 saturated carbocycles. The monoisotopic (exact) mass is 480 g/mol. The van der Waals surface area contributed by atoms with Gasteiger partial charge in [-0.05, 0) is 61.1 Å². The number of rotatable bonds is 11. The number of anilines is 1. The van der Waals surface area contributed by atoms with E-state index in [-0.39, 0.29) is 24.9 Å². The predicted octanol–water partition coefficient (Wildman–Crippen LogP) is 5.11. The molecule has 6 nitrogen and oxygen atoms in total. The van der Waals surface area contributed by atoms with Gasteiger partial charge in [0.25, 0.3) is 0 Å². The van der Waals surface area contributed by atoms with Gasteiger partial charge in [-0.25, -0.2) is 8.42 Å². The topological polar surface area (TPSA) is 75.7 Å². The first kappa shape index (κ1) is 26.0. The number of benzene rings is 2. The molecule has 2 rings (SSSR count). The van der Waals surface area contributed by atoms with Crippen molar-refractivity contribution >= 4 is 33.2 Å². The number of nitrogens with one attached hydrogen (secondary N) is 1. The Bertz CT molecular complexity index is 1010. The van der Waals surface area contributed by atoms with Crippen LogP contribution in [0.4, 0.5) is 5.69 Å². The molecule has 0 saturated heterocycles. The number of amides is 1. The van der Waals surface area contributed by atoms with Crippen molar-refractivity contribution in [2.24, 2.45) is 5.92 Å². The number of halogens is 1. The summed E-state index contributed by atoms with van der Waals surface area (Å²) in [5, 5.41) is 3.61. The van der Waals surface area contributed by atoms with Gasteiger partial charge in [-0.3, -0.25) is 9.10 Å². The Labute approximate surface area is 197 Å². The van der Waals surface area contributed by atoms with E-state index in [0.29, 0.717) is 28.6 Å². The van der Waals surface area contributed by atoms with Crippen LogP contribution in [-0.2, 0) is 14.8 Å². The first-order valence-corrected chi connectivity index (χ1v) is 12.9. The van der Waals surface area contributed by atoms with Crippen LogP contribution >= 0.6 is 11.6 Å². The summed E-state index contributed by atoms with van der Waals surface area (Å²) >= 11 is 6.17. The Balaban J connectivity index is 2.05. The molecule has 0 aliphatic carbocycles. The number of nitrogens with zero attached hydrogens (tertiary/aromatic N) is 1. The molecule has 0 bridgehead atoms. The standard InChI is InChI=1S/C24H33ClN2O4S/c1-17(2)16-22(19-11-13-20(31-4)14-12-19)26-24(28)10-7-15-27(32(5,29)30)23-9-6-8-21(25)18(23)3/h6,8-9,11-14,17,22H,7,10,15-16H2,1-5H3,(H,26,28)/t22-/m0/s1. The zero-order chi connectivity index (χ0) is 23.9. The Morgan fingerprint density at radius 2 is 1.81 bits per heavy atom. The van der Waals surface area contributed by atoms with Crippen molar-refractivity contribution in [2.45, 2.75) is 46.1 Å². The van der Waals surface area contributed by atoms with Gasteiger partial charge in [0.15, 0.2) is 0 Å². The second kappa shape index (κ2) is 11.6. The smallest absolute Gasteiger partial charge is 0.232 e. The number of carbonyl (C=O) groups excluding carboxylic acids is 1. The lowest BCUT2D eigenvalue weighted by Crippen LogP contribution is -2.33. The quantitative estimate of drug-likeness (QED) is 0.485. The molecular formula is C24H33ClN2O4S. The van der Waals surface area contributed by atoms with E-state index in [4.69, 9.17) is 16.3 Å². The predicted molar refractivity (Wildman–Crippen MR) is 131 cm³/mol. The van der Waals surface area contributed by atoms with Gasteiger partial charge in [0.05, 0.1) is 25.1 Å². The molecular weight excluding hydrogens is 448 g/mol. The van der Waals surface area contributed by atoms with E-state index in [2.05, 4.69) is 19.2 Å². The summed E-state index contributed by atoms with van der Waals surface area (Å²) in [5.41, 5.74) is 2.25. The molecule has 0 heterocycles. The minimum atomic E-state index is -3.51. The van der Waals surface area contributed by atoms with Gasteiger partial charge in [0.1, 0.15) is 5.75 Å². The summed E-state index contributed by atoms with van der Waals surface area (Å²) < 4.78 is 31.3. The molecule has 1 atom stereocenters. The van der Waals surface area contributed by atoms with Gasteiger partial charge >= 0.3 is 0 Å². The molecule has 1 amide bonds. The van der Waals surface area contributed by atoms with Crippen LogP contribution in [0.25, 0.3) is 0 Å². The molecule has 0 unspecified atom stereocenters. The molecule has 0 spiro atoms. The van der Waals surface area contributed by atoms with E-state index in [1.165, 1.54) is 4.31 Å². The van der Waals surface area contributed by atoms with Crippen LogP contribution in [0.15, 0.2) is 42.5 Å². The zero-order valence-electron chi connectivity index (χ0n) is 19.4. The maximum absolute atomic E-state index is 12.7. The lowest BCUT2D eigenvalue weighted by molar-refractivity contribution is -0.122. The number of sulfonamides is 1. The normalized spacial score (nSPS) is 12.5. The summed E-state index contributed by atoms with van der Waals surface area (Å²) in [6.07, 6.45) is 2.57. The van der Waals surface area contributed by atoms with Crippen molar-refractivity contribution in [1.29, 1.82) is 0 Å². The Hall–Kier alpha value is -2.25. The van der Waals surface area contributed by atoms with Crippen molar-refractivity contribution in [3.8, 4) is 5.75 Å². The van der Waals surface area contributed by atoms with E-state index < -0.39 is 10.0 Å². The second-order valence-electron chi connectivity index (χ2n) is 8.35. The first-order chi connectivity index (χ1) is 15.0. The molecule has 0 aliphatic rings. The highest BCUT2D eigenvalue weighted by atomic mass is 35.5. The fourth-order valence-corrected chi connectivity index (χ4v) is 4.75. The van der Waals surface area contributed by atoms with Gasteiger partial charge in [0.2, 0.25) is 15.9 Å². The number of methoxy groups -OCH3 is 1. The van der Waals surface area contributed by atoms with Crippen LogP contribution in [0.5, 0.6) is 5.75 Å². The highest BCUT2D eigenvalue weighted by Gasteiger charge is 2.21. The number of carbonyl (C=O) groups is 1. The van der Waals surface area contributed by atoms with Crippen LogP contribution < -0.4 is 14.4 Å². The van der Waals surface area contributed by atoms with Gasteiger partial charge in [-0.1, -0.05) is 43.6 Å². The van der Waals surface area contributed by atoms with Crippen LogP contribution in [0.2, 0.25) is 5.02 Å². The van der Waals surface area contributed by atoms with Gasteiger partial charge in [-0.15, -0.1) is 0 Å². The molecule has 0 aliphatic heterocycles. The third-order valence-corrected chi connectivity index (χ3v) is 6.82. The van der Waals surface area contributed by atoms with Crippen LogP contribution in [0.1, 0.15) is 50.3 Å². The summed E-state index contributed by atoms with van der Waals surface area (Å²) in [6.45, 7) is 6.21. The maximum Gasteiger partial charge on any atom is 0.232 e. The molecule has 0 radical (unpaired) electrons. The highest BCUT2D eigenvalue weighted by molar-refractivity contribution is 7.92. The Kier molecular flexibility index (Phi) is 9.40. The Morgan fingerprint density at radius 1 is 1.16 bits per heavy atom. The van der Waals surface area contributed by atoms with Gasteiger partial charge in [-0.2, -0.15) is 0 Å². The van der Waals surface area contributed by atoms with E-state index in [1.54, 1.807) is 32.2 Å². The number of ether oxygens (including phenoxy) is 1. The molecule has 32 heavy (non-hydrogen) atoms. The average Bonchev–Trinajstić information content (AvgIpc) is 2.72. The largest absolute Gasteiger partial charge is 0.497 e. The average molecular weight is 481 g/mol. The maximum atomic E-state index is 12.7. The molecule has 2 aromatic rings. The SMILES string of the molecule is COc1ccc([C@H](CC(C)C)NC(=O)CCCN(c2cccc(Cl)c2C)S(C)(=O)=O)cc1. The van der Waals surface area contributed by atoms with Gasteiger partial charge < -0.3 is 10.1 Å². The lowest BCUT2D eigenvalue weighted by atomic mass is 9.96. The zero-order valence-corrected chi connectivity index (χ0v) is 21.0. The number of hydrogen-bond donors (Lipinski definition) is 1. The summed E-state index contributed by atoms with van der Waals surface area (Å²) in [6, 6.07) is 12.7. The third-order valence-electron chi connectivity index (χ3n) is 5.23. The molecule has 0 fully saturated rings. The summed E-state index contributed by atoms with van der Waals surface area (Å²) in [4.78, 5) is 12.7.